The van der Waals surface area contributed by atoms with Crippen LogP contribution in [0.5, 0.6) is 5.75 Å². The van der Waals surface area contributed by atoms with E-state index in [2.05, 4.69) is 47.8 Å². The summed E-state index contributed by atoms with van der Waals surface area (Å²) in [7, 11) is 3.37. The molecule has 17 heavy (non-hydrogen) atoms. The zero-order valence-electron chi connectivity index (χ0n) is 9.41. The summed E-state index contributed by atoms with van der Waals surface area (Å²) in [6, 6.07) is 7.61. The summed E-state index contributed by atoms with van der Waals surface area (Å²) in [6.45, 7) is 0.535. The molecular weight excluding hydrogens is 418 g/mol. The third-order valence-electron chi connectivity index (χ3n) is 2.17. The molecule has 0 unspecified atom stereocenters. The Hall–Kier alpha value is -0.0700. The van der Waals surface area contributed by atoms with Gasteiger partial charge in [-0.15, -0.1) is 0 Å². The number of rotatable bonds is 3. The van der Waals surface area contributed by atoms with Crippen molar-refractivity contribution in [3.8, 4) is 5.75 Å². The summed E-state index contributed by atoms with van der Waals surface area (Å²) < 4.78 is 4.18. The fourth-order valence-electron chi connectivity index (χ4n) is 1.29. The highest BCUT2D eigenvalue weighted by Gasteiger charge is 2.31. The molecule has 6 heteroatoms. The van der Waals surface area contributed by atoms with Crippen LogP contribution in [0.1, 0.15) is 5.56 Å². The molecule has 0 bridgehead atoms. The Labute approximate surface area is 126 Å². The third kappa shape index (κ3) is 4.60. The molecule has 0 aliphatic heterocycles. The standard InChI is InChI=1S/C11H12Br3NO2/c1-15(10(16)11(12,13)14)7-8-3-5-9(17-2)6-4-8/h3-6H,7H2,1-2H3. The average Bonchev–Trinajstić information content (AvgIpc) is 2.27. The van der Waals surface area contributed by atoms with Crippen LogP contribution in [0.15, 0.2) is 24.3 Å². The van der Waals surface area contributed by atoms with Crippen LogP contribution in [0, 0.1) is 0 Å². The minimum absolute atomic E-state index is 0.103. The Morgan fingerprint density at radius 3 is 2.24 bits per heavy atom. The van der Waals surface area contributed by atoms with Gasteiger partial charge in [-0.05, 0) is 65.5 Å². The maximum absolute atomic E-state index is 11.9. The summed E-state index contributed by atoms with van der Waals surface area (Å²) >= 11 is 9.61. The van der Waals surface area contributed by atoms with Crippen molar-refractivity contribution in [2.24, 2.45) is 0 Å². The normalized spacial score (nSPS) is 11.1. The second-order valence-electron chi connectivity index (χ2n) is 3.51. The van der Waals surface area contributed by atoms with Gasteiger partial charge in [0.15, 0.2) is 0 Å². The highest BCUT2D eigenvalue weighted by atomic mass is 80.0. The van der Waals surface area contributed by atoms with E-state index in [9.17, 15) is 4.79 Å². The lowest BCUT2D eigenvalue weighted by Gasteiger charge is -2.22. The zero-order chi connectivity index (χ0) is 13.1. The Morgan fingerprint density at radius 2 is 1.82 bits per heavy atom. The molecule has 0 aliphatic rings. The van der Waals surface area contributed by atoms with E-state index in [0.29, 0.717) is 6.54 Å². The Balaban J connectivity index is 2.68. The van der Waals surface area contributed by atoms with E-state index in [1.807, 2.05) is 24.3 Å². The van der Waals surface area contributed by atoms with Crippen LogP contribution in [0.4, 0.5) is 0 Å². The number of hydrogen-bond acceptors (Lipinski definition) is 2. The highest BCUT2D eigenvalue weighted by Crippen LogP contribution is 2.35. The van der Waals surface area contributed by atoms with Crippen LogP contribution in [-0.2, 0) is 11.3 Å². The smallest absolute Gasteiger partial charge is 0.261 e. The van der Waals surface area contributed by atoms with E-state index in [4.69, 9.17) is 4.74 Å². The highest BCUT2D eigenvalue weighted by molar-refractivity contribution is 9.40. The van der Waals surface area contributed by atoms with Crippen molar-refractivity contribution >= 4 is 53.7 Å². The number of benzene rings is 1. The number of amides is 1. The quantitative estimate of drug-likeness (QED) is 0.688. The first-order valence-electron chi connectivity index (χ1n) is 4.80. The topological polar surface area (TPSA) is 29.5 Å². The van der Waals surface area contributed by atoms with E-state index < -0.39 is 2.14 Å². The molecule has 1 aromatic carbocycles. The molecule has 1 amide bonds. The number of halogens is 3. The molecule has 0 saturated heterocycles. The van der Waals surface area contributed by atoms with Gasteiger partial charge in [-0.1, -0.05) is 12.1 Å². The van der Waals surface area contributed by atoms with Gasteiger partial charge in [-0.25, -0.2) is 0 Å². The molecule has 1 rings (SSSR count). The number of methoxy groups -OCH3 is 1. The second-order valence-corrected chi connectivity index (χ2v) is 10.3. The molecule has 0 aliphatic carbocycles. The number of alkyl halides is 3. The lowest BCUT2D eigenvalue weighted by Crippen LogP contribution is -2.35. The fraction of sp³-hybridized carbons (Fsp3) is 0.364. The first-order chi connectivity index (χ1) is 7.84. The molecule has 0 spiro atoms. The number of nitrogens with zero attached hydrogens (tertiary/aromatic N) is 1. The molecule has 0 atom stereocenters. The van der Waals surface area contributed by atoms with Crippen LogP contribution in [0.3, 0.4) is 0 Å². The molecule has 0 heterocycles. The minimum atomic E-state index is -0.895. The largest absolute Gasteiger partial charge is 0.497 e. The van der Waals surface area contributed by atoms with Gasteiger partial charge in [-0.3, -0.25) is 4.79 Å². The van der Waals surface area contributed by atoms with E-state index >= 15 is 0 Å². The van der Waals surface area contributed by atoms with Gasteiger partial charge < -0.3 is 9.64 Å². The monoisotopic (exact) mass is 427 g/mol. The minimum Gasteiger partial charge on any atom is -0.497 e. The van der Waals surface area contributed by atoms with Gasteiger partial charge >= 0.3 is 0 Å². The van der Waals surface area contributed by atoms with Crippen molar-refractivity contribution in [1.82, 2.24) is 4.90 Å². The van der Waals surface area contributed by atoms with Crippen molar-refractivity contribution in [2.75, 3.05) is 14.2 Å². The van der Waals surface area contributed by atoms with E-state index in [1.54, 1.807) is 19.1 Å². The summed E-state index contributed by atoms with van der Waals surface area (Å²) in [5.74, 6) is 0.701. The van der Waals surface area contributed by atoms with Gasteiger partial charge in [0.1, 0.15) is 5.75 Å². The molecule has 0 radical (unpaired) electrons. The van der Waals surface area contributed by atoms with Crippen LogP contribution in [0.25, 0.3) is 0 Å². The maximum Gasteiger partial charge on any atom is 0.261 e. The second kappa shape index (κ2) is 6.20. The summed E-state index contributed by atoms with van der Waals surface area (Å²) in [5, 5.41) is 0. The van der Waals surface area contributed by atoms with Crippen LogP contribution >= 0.6 is 47.8 Å². The van der Waals surface area contributed by atoms with Crippen molar-refractivity contribution < 1.29 is 9.53 Å². The molecule has 94 valence electrons. The fourth-order valence-corrected chi connectivity index (χ4v) is 2.20. The predicted octanol–water partition coefficient (Wildman–Crippen LogP) is 3.49. The van der Waals surface area contributed by atoms with Crippen molar-refractivity contribution in [2.45, 2.75) is 8.69 Å². The number of hydrogen-bond donors (Lipinski definition) is 0. The van der Waals surface area contributed by atoms with Crippen molar-refractivity contribution in [3.63, 3.8) is 0 Å². The van der Waals surface area contributed by atoms with E-state index in [1.165, 1.54) is 0 Å². The predicted molar refractivity (Wildman–Crippen MR) is 79.0 cm³/mol. The Kier molecular flexibility index (Phi) is 5.47. The zero-order valence-corrected chi connectivity index (χ0v) is 14.2. The van der Waals surface area contributed by atoms with E-state index in [0.717, 1.165) is 11.3 Å². The lowest BCUT2D eigenvalue weighted by atomic mass is 10.2. The third-order valence-corrected chi connectivity index (χ3v) is 3.19. The molecule has 0 aromatic heterocycles. The maximum atomic E-state index is 11.9. The number of carbonyl (C=O) groups excluding carboxylic acids is 1. The average molecular weight is 430 g/mol. The number of ether oxygens (including phenoxy) is 1. The van der Waals surface area contributed by atoms with Crippen LogP contribution in [-0.4, -0.2) is 27.1 Å². The van der Waals surface area contributed by atoms with Crippen molar-refractivity contribution in [1.29, 1.82) is 0 Å². The molecule has 0 fully saturated rings. The van der Waals surface area contributed by atoms with Gasteiger partial charge in [0.2, 0.25) is 2.14 Å². The molecule has 0 N–H and O–H groups in total. The van der Waals surface area contributed by atoms with Crippen molar-refractivity contribution in [3.05, 3.63) is 29.8 Å². The summed E-state index contributed by atoms with van der Waals surface area (Å²) in [6.07, 6.45) is 0. The van der Waals surface area contributed by atoms with Gasteiger partial charge in [-0.2, -0.15) is 0 Å². The van der Waals surface area contributed by atoms with Gasteiger partial charge in [0, 0.05) is 13.6 Å². The summed E-state index contributed by atoms with van der Waals surface area (Å²) in [4.78, 5) is 13.5. The summed E-state index contributed by atoms with van der Waals surface area (Å²) in [5.41, 5.74) is 1.04. The van der Waals surface area contributed by atoms with Crippen LogP contribution < -0.4 is 4.74 Å². The van der Waals surface area contributed by atoms with Gasteiger partial charge in [0.05, 0.1) is 7.11 Å². The first kappa shape index (κ1) is 15.0. The Bertz CT molecular complexity index is 387. The SMILES string of the molecule is COc1ccc(CN(C)C(=O)C(Br)(Br)Br)cc1. The van der Waals surface area contributed by atoms with E-state index in [-0.39, 0.29) is 5.91 Å². The molecule has 1 aromatic rings. The van der Waals surface area contributed by atoms with Gasteiger partial charge in [0.25, 0.3) is 5.91 Å². The molecule has 3 nitrogen and oxygen atoms in total. The molecular formula is C11H12Br3NO2. The Morgan fingerprint density at radius 1 is 1.29 bits per heavy atom. The lowest BCUT2D eigenvalue weighted by molar-refractivity contribution is -0.128. The van der Waals surface area contributed by atoms with Crippen LogP contribution in [0.2, 0.25) is 0 Å². The first-order valence-corrected chi connectivity index (χ1v) is 7.17. The number of carbonyl (C=O) groups is 1. The molecule has 0 saturated carbocycles.